The lowest BCUT2D eigenvalue weighted by molar-refractivity contribution is -0.170. The Morgan fingerprint density at radius 2 is 1.29 bits per heavy atom. The Morgan fingerprint density at radius 3 is 1.90 bits per heavy atom. The molecule has 4 aromatic rings. The van der Waals surface area contributed by atoms with Gasteiger partial charge in [0.2, 0.25) is 5.41 Å². The highest BCUT2D eigenvalue weighted by atomic mass is 16.6. The van der Waals surface area contributed by atoms with Crippen molar-refractivity contribution < 1.29 is 42.9 Å². The molecule has 0 atom stereocenters. The predicted molar refractivity (Wildman–Crippen MR) is 181 cm³/mol. The quantitative estimate of drug-likeness (QED) is 0.104. The summed E-state index contributed by atoms with van der Waals surface area (Å²) in [4.78, 5) is 67.8. The van der Waals surface area contributed by atoms with Crippen LogP contribution in [0.5, 0.6) is 11.5 Å². The lowest BCUT2D eigenvalue weighted by Crippen LogP contribution is -2.50. The average molecular weight is 667 g/mol. The topological polar surface area (TPSA) is 138 Å². The van der Waals surface area contributed by atoms with E-state index in [2.05, 4.69) is 5.32 Å². The summed E-state index contributed by atoms with van der Waals surface area (Å²) in [5.74, 6) is -2.67. The summed E-state index contributed by atoms with van der Waals surface area (Å²) >= 11 is 0. The molecule has 0 aliphatic heterocycles. The van der Waals surface area contributed by atoms with E-state index in [1.807, 2.05) is 18.2 Å². The molecule has 0 bridgehead atoms. The largest absolute Gasteiger partial charge is 0.465 e. The highest BCUT2D eigenvalue weighted by Crippen LogP contribution is 2.30. The van der Waals surface area contributed by atoms with Crippen molar-refractivity contribution in [2.75, 3.05) is 39.2 Å². The molecular weight excluding hydrogens is 628 g/mol. The maximum absolute atomic E-state index is 13.5. The van der Waals surface area contributed by atoms with Crippen LogP contribution >= 0.6 is 0 Å². The van der Waals surface area contributed by atoms with E-state index in [9.17, 15) is 24.0 Å². The number of para-hydroxylation sites is 2. The van der Waals surface area contributed by atoms with Crippen LogP contribution in [0.4, 0.5) is 5.69 Å². The fraction of sp³-hybridized carbons (Fsp3) is 0.237. The van der Waals surface area contributed by atoms with Crippen molar-refractivity contribution in [3.8, 4) is 11.5 Å². The maximum atomic E-state index is 13.5. The highest BCUT2D eigenvalue weighted by molar-refractivity contribution is 6.10. The van der Waals surface area contributed by atoms with Gasteiger partial charge in [-0.25, -0.2) is 0 Å². The van der Waals surface area contributed by atoms with Crippen LogP contribution in [0.25, 0.3) is 0 Å². The Kier molecular flexibility index (Phi) is 12.3. The second-order valence-electron chi connectivity index (χ2n) is 11.0. The zero-order valence-electron chi connectivity index (χ0n) is 27.8. The number of nitrogens with one attached hydrogen (secondary N) is 1. The fourth-order valence-corrected chi connectivity index (χ4v) is 4.93. The van der Waals surface area contributed by atoms with Crippen LogP contribution in [0.2, 0.25) is 0 Å². The molecule has 254 valence electrons. The van der Waals surface area contributed by atoms with Gasteiger partial charge < -0.3 is 29.2 Å². The molecule has 0 aromatic heterocycles. The molecule has 0 unspecified atom stereocenters. The molecule has 11 heteroatoms. The monoisotopic (exact) mass is 666 g/mol. The van der Waals surface area contributed by atoms with Crippen molar-refractivity contribution >= 4 is 35.4 Å². The number of anilines is 1. The number of carbonyl (C=O) groups is 5. The first-order chi connectivity index (χ1) is 23.6. The first-order valence-corrected chi connectivity index (χ1v) is 15.6. The van der Waals surface area contributed by atoms with E-state index in [1.54, 1.807) is 101 Å². The van der Waals surface area contributed by atoms with Crippen molar-refractivity contribution in [1.29, 1.82) is 0 Å². The number of nitrogens with zero attached hydrogens (tertiary/aromatic N) is 1. The number of benzene rings is 4. The number of hydrogen-bond donors (Lipinski definition) is 1. The van der Waals surface area contributed by atoms with E-state index in [4.69, 9.17) is 18.9 Å². The van der Waals surface area contributed by atoms with Crippen LogP contribution in [-0.2, 0) is 40.4 Å². The summed E-state index contributed by atoms with van der Waals surface area (Å²) in [6.45, 7) is 2.49. The summed E-state index contributed by atoms with van der Waals surface area (Å²) < 4.78 is 22.0. The minimum absolute atomic E-state index is 0.0159. The van der Waals surface area contributed by atoms with Crippen molar-refractivity contribution in [3.63, 3.8) is 0 Å². The van der Waals surface area contributed by atoms with Crippen LogP contribution in [0.3, 0.4) is 0 Å². The minimum atomic E-state index is -2.05. The first-order valence-electron chi connectivity index (χ1n) is 15.6. The Morgan fingerprint density at radius 1 is 0.694 bits per heavy atom. The van der Waals surface area contributed by atoms with Gasteiger partial charge in [0.05, 0.1) is 36.4 Å². The summed E-state index contributed by atoms with van der Waals surface area (Å²) in [7, 11) is 3.12. The second kappa shape index (κ2) is 16.7. The van der Waals surface area contributed by atoms with Crippen LogP contribution in [0.15, 0.2) is 103 Å². The van der Waals surface area contributed by atoms with Gasteiger partial charge in [0.1, 0.15) is 18.1 Å². The van der Waals surface area contributed by atoms with E-state index >= 15 is 0 Å². The molecule has 1 N–H and O–H groups in total. The van der Waals surface area contributed by atoms with Crippen molar-refractivity contribution in [1.82, 2.24) is 4.90 Å². The van der Waals surface area contributed by atoms with Crippen molar-refractivity contribution in [2.24, 2.45) is 0 Å². The Hall–Kier alpha value is -5.97. The van der Waals surface area contributed by atoms with Gasteiger partial charge in [-0.2, -0.15) is 0 Å². The molecule has 0 heterocycles. The molecule has 49 heavy (non-hydrogen) atoms. The van der Waals surface area contributed by atoms with Crippen LogP contribution in [0.1, 0.15) is 45.7 Å². The van der Waals surface area contributed by atoms with Gasteiger partial charge >= 0.3 is 17.9 Å². The SMILES string of the molecule is CCOC(=O)C(COC(=O)Cc1ccc(NC(=O)c2ccccc2Oc2ccccc2)c(C(=O)N(C)C)c1)(C(=O)OCC)c1ccccc1. The van der Waals surface area contributed by atoms with Gasteiger partial charge in [-0.3, -0.25) is 24.0 Å². The fourth-order valence-electron chi connectivity index (χ4n) is 4.93. The van der Waals surface area contributed by atoms with Gasteiger partial charge in [0, 0.05) is 14.1 Å². The molecule has 0 fully saturated rings. The lowest BCUT2D eigenvalue weighted by Gasteiger charge is -2.29. The molecule has 0 aliphatic rings. The van der Waals surface area contributed by atoms with Gasteiger partial charge in [-0.05, 0) is 61.4 Å². The van der Waals surface area contributed by atoms with Gasteiger partial charge in [0.15, 0.2) is 0 Å². The highest BCUT2D eigenvalue weighted by Gasteiger charge is 2.52. The zero-order chi connectivity index (χ0) is 35.4. The first kappa shape index (κ1) is 35.9. The van der Waals surface area contributed by atoms with Crippen LogP contribution < -0.4 is 10.1 Å². The Balaban J connectivity index is 1.57. The Labute approximate surface area is 284 Å². The normalized spacial score (nSPS) is 10.8. The van der Waals surface area contributed by atoms with E-state index in [-0.39, 0.29) is 42.0 Å². The van der Waals surface area contributed by atoms with Crippen molar-refractivity contribution in [2.45, 2.75) is 25.7 Å². The number of carbonyl (C=O) groups excluding carboxylic acids is 5. The average Bonchev–Trinajstić information content (AvgIpc) is 3.10. The molecule has 0 saturated carbocycles. The molecule has 0 aliphatic carbocycles. The second-order valence-corrected chi connectivity index (χ2v) is 11.0. The molecular formula is C38H38N2O9. The van der Waals surface area contributed by atoms with Gasteiger partial charge in [-0.1, -0.05) is 66.7 Å². The summed E-state index contributed by atoms with van der Waals surface area (Å²) in [5, 5.41) is 2.80. The summed E-state index contributed by atoms with van der Waals surface area (Å²) in [6, 6.07) is 28.4. The maximum Gasteiger partial charge on any atom is 0.331 e. The summed E-state index contributed by atoms with van der Waals surface area (Å²) in [5.41, 5.74) is -0.839. The molecule has 0 saturated heterocycles. The molecule has 11 nitrogen and oxygen atoms in total. The predicted octanol–water partition coefficient (Wildman–Crippen LogP) is 5.58. The number of esters is 3. The van der Waals surface area contributed by atoms with Crippen LogP contribution in [0, 0.1) is 0 Å². The van der Waals surface area contributed by atoms with E-state index in [0.717, 1.165) is 0 Å². The molecule has 0 spiro atoms. The van der Waals surface area contributed by atoms with E-state index in [1.165, 1.54) is 17.0 Å². The zero-order valence-corrected chi connectivity index (χ0v) is 27.8. The lowest BCUT2D eigenvalue weighted by atomic mass is 9.81. The number of amides is 2. The number of hydrogen-bond acceptors (Lipinski definition) is 9. The standard InChI is InChI=1S/C38H38N2O9/c1-5-46-36(44)38(37(45)47-6-2,27-15-9-7-10-16-27)25-48-33(41)24-26-21-22-31(30(23-26)35(43)40(3)4)39-34(42)29-19-13-14-20-32(29)49-28-17-11-8-12-18-28/h7-23H,5-6,24-25H2,1-4H3,(H,39,42). The number of ether oxygens (including phenoxy) is 4. The van der Waals surface area contributed by atoms with E-state index < -0.39 is 41.7 Å². The van der Waals surface area contributed by atoms with Gasteiger partial charge in [-0.15, -0.1) is 0 Å². The van der Waals surface area contributed by atoms with E-state index in [0.29, 0.717) is 17.1 Å². The Bertz CT molecular complexity index is 1770. The van der Waals surface area contributed by atoms with Crippen LogP contribution in [-0.4, -0.2) is 68.5 Å². The third kappa shape index (κ3) is 8.69. The minimum Gasteiger partial charge on any atom is -0.465 e. The van der Waals surface area contributed by atoms with Gasteiger partial charge in [0.25, 0.3) is 11.8 Å². The summed E-state index contributed by atoms with van der Waals surface area (Å²) in [6.07, 6.45) is -0.313. The molecule has 0 radical (unpaired) electrons. The third-order valence-electron chi connectivity index (χ3n) is 7.38. The van der Waals surface area contributed by atoms with Crippen molar-refractivity contribution in [3.05, 3.63) is 125 Å². The molecule has 2 amide bonds. The number of rotatable bonds is 14. The molecule has 4 aromatic carbocycles. The molecule has 4 rings (SSSR count). The third-order valence-corrected chi connectivity index (χ3v) is 7.38. The smallest absolute Gasteiger partial charge is 0.331 e.